The van der Waals surface area contributed by atoms with Crippen LogP contribution in [-0.2, 0) is 0 Å². The van der Waals surface area contributed by atoms with E-state index in [1.54, 1.807) is 13.1 Å². The number of hydrogen-bond acceptors (Lipinski definition) is 2. The molecular weight excluding hydrogens is 272 g/mol. The number of benzene rings is 1. The first-order chi connectivity index (χ1) is 6.57. The third-order valence-corrected chi connectivity index (χ3v) is 2.75. The second-order valence-corrected chi connectivity index (χ2v) is 4.09. The minimum Gasteiger partial charge on any atom is -0.387 e. The van der Waals surface area contributed by atoms with E-state index in [4.69, 9.17) is 11.6 Å². The lowest BCUT2D eigenvalue weighted by Crippen LogP contribution is -2.18. The summed E-state index contributed by atoms with van der Waals surface area (Å²) in [6.45, 7) is 0.257. The Bertz CT molecular complexity index is 335. The van der Waals surface area contributed by atoms with Crippen molar-refractivity contribution in [3.8, 4) is 0 Å². The van der Waals surface area contributed by atoms with Gasteiger partial charge in [-0.25, -0.2) is 4.39 Å². The highest BCUT2D eigenvalue weighted by molar-refractivity contribution is 9.10. The van der Waals surface area contributed by atoms with Crippen molar-refractivity contribution < 1.29 is 9.50 Å². The van der Waals surface area contributed by atoms with Gasteiger partial charge in [-0.2, -0.15) is 0 Å². The highest BCUT2D eigenvalue weighted by Gasteiger charge is 2.17. The first-order valence-corrected chi connectivity index (χ1v) is 5.21. The average Bonchev–Trinajstić information content (AvgIpc) is 2.13. The molecule has 1 rings (SSSR count). The van der Waals surface area contributed by atoms with Gasteiger partial charge in [0.25, 0.3) is 0 Å². The van der Waals surface area contributed by atoms with E-state index in [9.17, 15) is 9.50 Å². The van der Waals surface area contributed by atoms with Gasteiger partial charge >= 0.3 is 0 Å². The van der Waals surface area contributed by atoms with E-state index in [1.807, 2.05) is 0 Å². The molecule has 2 N–H and O–H groups in total. The van der Waals surface area contributed by atoms with Crippen LogP contribution in [0.1, 0.15) is 11.7 Å². The number of nitrogens with one attached hydrogen (secondary N) is 1. The number of hydrogen-bond donors (Lipinski definition) is 2. The van der Waals surface area contributed by atoms with Gasteiger partial charge in [0.05, 0.1) is 10.6 Å². The molecule has 1 aromatic carbocycles. The second-order valence-electron chi connectivity index (χ2n) is 2.83. The van der Waals surface area contributed by atoms with Gasteiger partial charge in [0.2, 0.25) is 0 Å². The number of likely N-dealkylation sites (N-methyl/N-ethyl adjacent to an activating group) is 1. The molecule has 0 aliphatic rings. The molecule has 0 saturated carbocycles. The van der Waals surface area contributed by atoms with Crippen LogP contribution in [0, 0.1) is 5.82 Å². The zero-order chi connectivity index (χ0) is 10.7. The molecule has 0 aromatic heterocycles. The number of halogens is 3. The predicted molar refractivity (Wildman–Crippen MR) is 58.0 cm³/mol. The summed E-state index contributed by atoms with van der Waals surface area (Å²) in [4.78, 5) is 0. The Morgan fingerprint density at radius 1 is 1.64 bits per heavy atom. The maximum atomic E-state index is 13.5. The van der Waals surface area contributed by atoms with E-state index in [0.29, 0.717) is 4.47 Å². The van der Waals surface area contributed by atoms with E-state index in [2.05, 4.69) is 21.2 Å². The zero-order valence-electron chi connectivity index (χ0n) is 7.52. The Labute approximate surface area is 95.2 Å². The van der Waals surface area contributed by atoms with Crippen LogP contribution in [0.5, 0.6) is 0 Å². The van der Waals surface area contributed by atoms with Crippen molar-refractivity contribution in [2.45, 2.75) is 6.10 Å². The molecule has 78 valence electrons. The van der Waals surface area contributed by atoms with Gasteiger partial charge in [0.15, 0.2) is 0 Å². The molecule has 2 nitrogen and oxygen atoms in total. The Morgan fingerprint density at radius 3 is 2.86 bits per heavy atom. The minimum absolute atomic E-state index is 0.121. The molecule has 0 aliphatic carbocycles. The Morgan fingerprint density at radius 2 is 2.29 bits per heavy atom. The lowest BCUT2D eigenvalue weighted by Gasteiger charge is -2.13. The van der Waals surface area contributed by atoms with Crippen molar-refractivity contribution in [1.29, 1.82) is 0 Å². The number of aliphatic hydroxyl groups excluding tert-OH is 1. The standard InChI is InChI=1S/C9H10BrClFNO/c1-13-4-7(14)8-6(11)3-2-5(10)9(8)12/h2-3,7,13-14H,4H2,1H3. The van der Waals surface area contributed by atoms with E-state index < -0.39 is 11.9 Å². The highest BCUT2D eigenvalue weighted by atomic mass is 79.9. The largest absolute Gasteiger partial charge is 0.387 e. The summed E-state index contributed by atoms with van der Waals surface area (Å²) in [6, 6.07) is 3.05. The minimum atomic E-state index is -0.940. The Hall–Kier alpha value is -0.160. The third-order valence-electron chi connectivity index (χ3n) is 1.81. The van der Waals surface area contributed by atoms with Crippen molar-refractivity contribution >= 4 is 27.5 Å². The fraction of sp³-hybridized carbons (Fsp3) is 0.333. The van der Waals surface area contributed by atoms with E-state index in [0.717, 1.165) is 0 Å². The fourth-order valence-electron chi connectivity index (χ4n) is 1.14. The molecule has 1 unspecified atom stereocenters. The van der Waals surface area contributed by atoms with Gasteiger partial charge in [0, 0.05) is 17.1 Å². The smallest absolute Gasteiger partial charge is 0.144 e. The maximum Gasteiger partial charge on any atom is 0.144 e. The molecule has 0 fully saturated rings. The van der Waals surface area contributed by atoms with Crippen LogP contribution in [0.25, 0.3) is 0 Å². The molecule has 0 bridgehead atoms. The van der Waals surface area contributed by atoms with Crippen molar-refractivity contribution in [2.75, 3.05) is 13.6 Å². The third kappa shape index (κ3) is 2.45. The quantitative estimate of drug-likeness (QED) is 0.835. The second kappa shape index (κ2) is 5.07. The molecule has 0 saturated heterocycles. The molecular formula is C9H10BrClFNO. The zero-order valence-corrected chi connectivity index (χ0v) is 9.86. The van der Waals surface area contributed by atoms with Crippen molar-refractivity contribution in [3.05, 3.63) is 33.0 Å². The molecule has 0 amide bonds. The molecule has 0 aliphatic heterocycles. The van der Waals surface area contributed by atoms with Crippen LogP contribution in [0.15, 0.2) is 16.6 Å². The van der Waals surface area contributed by atoms with E-state index in [1.165, 1.54) is 6.07 Å². The molecule has 5 heteroatoms. The first-order valence-electron chi connectivity index (χ1n) is 4.04. The van der Waals surface area contributed by atoms with Crippen LogP contribution in [-0.4, -0.2) is 18.7 Å². The van der Waals surface area contributed by atoms with Crippen LogP contribution >= 0.6 is 27.5 Å². The molecule has 0 spiro atoms. The summed E-state index contributed by atoms with van der Waals surface area (Å²) in [5.74, 6) is -0.514. The highest BCUT2D eigenvalue weighted by Crippen LogP contribution is 2.30. The first kappa shape index (κ1) is 11.9. The Balaban J connectivity index is 3.11. The predicted octanol–water partition coefficient (Wildman–Crippen LogP) is 2.49. The summed E-state index contributed by atoms with van der Waals surface area (Å²) >= 11 is 8.82. The van der Waals surface area contributed by atoms with Crippen molar-refractivity contribution in [2.24, 2.45) is 0 Å². The average molecular weight is 283 g/mol. The molecule has 0 radical (unpaired) electrons. The summed E-state index contributed by atoms with van der Waals surface area (Å²) in [5.41, 5.74) is 0.121. The number of aliphatic hydroxyl groups is 1. The Kier molecular flexibility index (Phi) is 4.31. The monoisotopic (exact) mass is 281 g/mol. The topological polar surface area (TPSA) is 32.3 Å². The lowest BCUT2D eigenvalue weighted by atomic mass is 10.1. The van der Waals surface area contributed by atoms with Gasteiger partial charge in [-0.15, -0.1) is 0 Å². The summed E-state index contributed by atoms with van der Waals surface area (Å²) in [7, 11) is 1.67. The van der Waals surface area contributed by atoms with Gasteiger partial charge in [0.1, 0.15) is 5.82 Å². The van der Waals surface area contributed by atoms with Gasteiger partial charge < -0.3 is 10.4 Å². The summed E-state index contributed by atoms with van der Waals surface area (Å²) < 4.78 is 13.8. The van der Waals surface area contributed by atoms with Crippen LogP contribution in [0.2, 0.25) is 5.02 Å². The molecule has 1 atom stereocenters. The van der Waals surface area contributed by atoms with Crippen LogP contribution in [0.4, 0.5) is 4.39 Å². The van der Waals surface area contributed by atoms with Gasteiger partial charge in [-0.1, -0.05) is 11.6 Å². The van der Waals surface area contributed by atoms with E-state index >= 15 is 0 Å². The van der Waals surface area contributed by atoms with Crippen molar-refractivity contribution in [3.63, 3.8) is 0 Å². The maximum absolute atomic E-state index is 13.5. The normalized spacial score (nSPS) is 12.9. The SMILES string of the molecule is CNCC(O)c1c(Cl)ccc(Br)c1F. The van der Waals surface area contributed by atoms with Crippen molar-refractivity contribution in [1.82, 2.24) is 5.32 Å². The fourth-order valence-corrected chi connectivity index (χ4v) is 1.76. The van der Waals surface area contributed by atoms with Crippen LogP contribution in [0.3, 0.4) is 0 Å². The molecule has 0 heterocycles. The number of rotatable bonds is 3. The lowest BCUT2D eigenvalue weighted by molar-refractivity contribution is 0.173. The molecule has 1 aromatic rings. The van der Waals surface area contributed by atoms with E-state index in [-0.39, 0.29) is 17.1 Å². The summed E-state index contributed by atoms with van der Waals surface area (Å²) in [6.07, 6.45) is -0.940. The summed E-state index contributed by atoms with van der Waals surface area (Å²) in [5, 5.41) is 12.6. The van der Waals surface area contributed by atoms with Crippen LogP contribution < -0.4 is 5.32 Å². The molecule has 14 heavy (non-hydrogen) atoms. The van der Waals surface area contributed by atoms with Gasteiger partial charge in [-0.3, -0.25) is 0 Å². The van der Waals surface area contributed by atoms with Gasteiger partial charge in [-0.05, 0) is 35.1 Å².